The molecular weight excluding hydrogens is 828 g/mol. The number of ether oxygens (including phenoxy) is 2. The second-order valence-electron chi connectivity index (χ2n) is 18.4. The van der Waals surface area contributed by atoms with Crippen LogP contribution in [0.1, 0.15) is 245 Å². The fourth-order valence-electron chi connectivity index (χ4n) is 8.29. The number of carbonyl (C=O) groups excluding carboxylic acids is 2. The molecule has 14 heteroatoms. The Hall–Kier alpha value is -1.15. The molecule has 0 aromatic rings. The summed E-state index contributed by atoms with van der Waals surface area (Å²) in [5.74, 6) is -1.08. The highest BCUT2D eigenvalue weighted by Crippen LogP contribution is 2.47. The van der Waals surface area contributed by atoms with E-state index in [1.165, 1.54) is 167 Å². The molecular formula is C49H95O13P. The van der Waals surface area contributed by atoms with E-state index in [0.29, 0.717) is 12.8 Å². The Balaban J connectivity index is 2.38. The monoisotopic (exact) mass is 923 g/mol. The Bertz CT molecular complexity index is 1110. The van der Waals surface area contributed by atoms with Crippen LogP contribution >= 0.6 is 7.82 Å². The molecule has 1 aliphatic rings. The first-order valence-electron chi connectivity index (χ1n) is 25.8. The van der Waals surface area contributed by atoms with E-state index in [9.17, 15) is 44.6 Å². The van der Waals surface area contributed by atoms with Crippen molar-refractivity contribution in [1.29, 1.82) is 0 Å². The van der Waals surface area contributed by atoms with Gasteiger partial charge < -0.3 is 39.9 Å². The zero-order valence-electron chi connectivity index (χ0n) is 39.9. The molecule has 1 aliphatic carbocycles. The summed E-state index contributed by atoms with van der Waals surface area (Å²) in [6, 6.07) is 0. The minimum Gasteiger partial charge on any atom is -0.462 e. The van der Waals surface area contributed by atoms with Gasteiger partial charge in [0.05, 0.1) is 6.61 Å². The van der Waals surface area contributed by atoms with Gasteiger partial charge in [-0.25, -0.2) is 4.57 Å². The zero-order valence-corrected chi connectivity index (χ0v) is 40.8. The van der Waals surface area contributed by atoms with E-state index in [1.54, 1.807) is 0 Å². The van der Waals surface area contributed by atoms with Crippen LogP contribution in [-0.2, 0) is 32.7 Å². The third-order valence-electron chi connectivity index (χ3n) is 12.4. The third kappa shape index (κ3) is 32.2. The summed E-state index contributed by atoms with van der Waals surface area (Å²) in [4.78, 5) is 35.8. The molecule has 0 aliphatic heterocycles. The van der Waals surface area contributed by atoms with Gasteiger partial charge in [-0.15, -0.1) is 0 Å². The average molecular weight is 923 g/mol. The van der Waals surface area contributed by atoms with Crippen LogP contribution in [0.2, 0.25) is 0 Å². The number of hydrogen-bond acceptors (Lipinski definition) is 12. The van der Waals surface area contributed by atoms with E-state index < -0.39 is 75.7 Å². The van der Waals surface area contributed by atoms with Gasteiger partial charge in [-0.2, -0.15) is 0 Å². The predicted molar refractivity (Wildman–Crippen MR) is 249 cm³/mol. The molecule has 13 nitrogen and oxygen atoms in total. The molecule has 0 saturated heterocycles. The highest BCUT2D eigenvalue weighted by atomic mass is 31.2. The van der Waals surface area contributed by atoms with E-state index in [0.717, 1.165) is 38.5 Å². The van der Waals surface area contributed by atoms with Gasteiger partial charge in [0.1, 0.15) is 43.2 Å². The Morgan fingerprint density at radius 1 is 0.429 bits per heavy atom. The van der Waals surface area contributed by atoms with Crippen LogP contribution in [0.5, 0.6) is 0 Å². The lowest BCUT2D eigenvalue weighted by atomic mass is 9.85. The minimum atomic E-state index is -5.11. The van der Waals surface area contributed by atoms with E-state index in [1.807, 2.05) is 0 Å². The van der Waals surface area contributed by atoms with E-state index in [4.69, 9.17) is 18.5 Å². The Kier molecular flexibility index (Phi) is 38.0. The van der Waals surface area contributed by atoms with Crippen LogP contribution in [0.25, 0.3) is 0 Å². The molecule has 374 valence electrons. The summed E-state index contributed by atoms with van der Waals surface area (Å²) >= 11 is 0. The number of rotatable bonds is 44. The highest BCUT2D eigenvalue weighted by molar-refractivity contribution is 7.47. The summed E-state index contributed by atoms with van der Waals surface area (Å²) in [5, 5.41) is 50.2. The van der Waals surface area contributed by atoms with E-state index >= 15 is 0 Å². The molecule has 6 atom stereocenters. The quantitative estimate of drug-likeness (QED) is 0.0191. The number of aliphatic hydroxyl groups is 5. The van der Waals surface area contributed by atoms with Crippen molar-refractivity contribution in [1.82, 2.24) is 0 Å². The van der Waals surface area contributed by atoms with Gasteiger partial charge in [0.2, 0.25) is 0 Å². The van der Waals surface area contributed by atoms with Crippen LogP contribution in [0, 0.1) is 0 Å². The largest absolute Gasteiger partial charge is 0.472 e. The van der Waals surface area contributed by atoms with Crippen molar-refractivity contribution in [3.63, 3.8) is 0 Å². The van der Waals surface area contributed by atoms with Crippen molar-refractivity contribution in [2.24, 2.45) is 0 Å². The maximum absolute atomic E-state index is 12.8. The third-order valence-corrected chi connectivity index (χ3v) is 13.4. The molecule has 0 aromatic heterocycles. The van der Waals surface area contributed by atoms with Crippen molar-refractivity contribution in [3.05, 3.63) is 0 Å². The molecule has 0 spiro atoms. The van der Waals surface area contributed by atoms with E-state index in [-0.39, 0.29) is 12.8 Å². The van der Waals surface area contributed by atoms with Crippen LogP contribution in [0.15, 0.2) is 0 Å². The second kappa shape index (κ2) is 40.0. The topological polar surface area (TPSA) is 210 Å². The first-order valence-corrected chi connectivity index (χ1v) is 27.3. The van der Waals surface area contributed by atoms with Gasteiger partial charge in [-0.3, -0.25) is 18.6 Å². The molecule has 1 fully saturated rings. The summed E-state index contributed by atoms with van der Waals surface area (Å²) in [6.07, 6.45) is 28.6. The fraction of sp³-hybridized carbons (Fsp3) is 0.959. The summed E-state index contributed by atoms with van der Waals surface area (Å²) in [6.45, 7) is 3.35. The SMILES string of the molecule is CCCCCCCCCCCCCCCCCCCCCC(=O)OC(COC(=O)CCCCCCCCCCCCCCCCC)COP(=O)(O)OC1C(O)C(O)C(O)C(O)C1O. The van der Waals surface area contributed by atoms with Crippen molar-refractivity contribution in [2.75, 3.05) is 13.2 Å². The molecule has 0 aromatic carbocycles. The lowest BCUT2D eigenvalue weighted by Crippen LogP contribution is -2.64. The minimum absolute atomic E-state index is 0.105. The van der Waals surface area contributed by atoms with E-state index in [2.05, 4.69) is 13.8 Å². The lowest BCUT2D eigenvalue weighted by Gasteiger charge is -2.41. The van der Waals surface area contributed by atoms with Crippen LogP contribution < -0.4 is 0 Å². The Labute approximate surface area is 382 Å². The van der Waals surface area contributed by atoms with Crippen LogP contribution in [-0.4, -0.2) is 98.3 Å². The standard InChI is InChI=1S/C49H95O13P/c1-3-5-7-9-11-13-15-17-19-20-21-22-24-26-28-30-32-34-36-38-43(51)61-41(40-60-63(57,58)62-49-47(55)45(53)44(52)46(54)48(49)56)39-59-42(50)37-35-33-31-29-27-25-23-18-16-14-12-10-8-6-4-2/h41,44-49,52-56H,3-40H2,1-2H3,(H,57,58). The normalized spacial score (nSPS) is 21.6. The maximum Gasteiger partial charge on any atom is 0.472 e. The summed E-state index contributed by atoms with van der Waals surface area (Å²) in [7, 11) is -5.11. The molecule has 1 saturated carbocycles. The summed E-state index contributed by atoms with van der Waals surface area (Å²) < 4.78 is 33.6. The molecule has 6 N–H and O–H groups in total. The van der Waals surface area contributed by atoms with Gasteiger partial charge >= 0.3 is 19.8 Å². The van der Waals surface area contributed by atoms with Gasteiger partial charge in [0.25, 0.3) is 0 Å². The van der Waals surface area contributed by atoms with Gasteiger partial charge in [-0.1, -0.05) is 219 Å². The predicted octanol–water partition coefficient (Wildman–Crippen LogP) is 10.8. The molecule has 63 heavy (non-hydrogen) atoms. The van der Waals surface area contributed by atoms with Crippen LogP contribution in [0.4, 0.5) is 0 Å². The number of esters is 2. The number of phosphoric ester groups is 1. The number of unbranched alkanes of at least 4 members (excludes halogenated alkanes) is 32. The Morgan fingerprint density at radius 3 is 1.05 bits per heavy atom. The summed E-state index contributed by atoms with van der Waals surface area (Å²) in [5.41, 5.74) is 0. The number of carbonyl (C=O) groups is 2. The molecule has 0 bridgehead atoms. The van der Waals surface area contributed by atoms with Crippen molar-refractivity contribution in [2.45, 2.75) is 288 Å². The number of hydrogen-bond donors (Lipinski definition) is 6. The number of aliphatic hydroxyl groups excluding tert-OH is 5. The smallest absolute Gasteiger partial charge is 0.462 e. The van der Waals surface area contributed by atoms with Crippen molar-refractivity contribution >= 4 is 19.8 Å². The van der Waals surface area contributed by atoms with Crippen molar-refractivity contribution in [3.8, 4) is 0 Å². The van der Waals surface area contributed by atoms with Gasteiger partial charge in [-0.05, 0) is 12.8 Å². The first kappa shape index (κ1) is 59.9. The number of phosphoric acid groups is 1. The maximum atomic E-state index is 12.8. The second-order valence-corrected chi connectivity index (χ2v) is 19.8. The van der Waals surface area contributed by atoms with Crippen molar-refractivity contribution < 1.29 is 63.1 Å². The molecule has 1 rings (SSSR count). The molecule has 0 heterocycles. The Morgan fingerprint density at radius 2 is 0.714 bits per heavy atom. The average Bonchev–Trinajstić information content (AvgIpc) is 3.26. The molecule has 6 unspecified atom stereocenters. The highest BCUT2D eigenvalue weighted by Gasteiger charge is 2.51. The first-order chi connectivity index (χ1) is 30.4. The fourth-order valence-corrected chi connectivity index (χ4v) is 9.26. The van der Waals surface area contributed by atoms with Gasteiger partial charge in [0.15, 0.2) is 6.10 Å². The zero-order chi connectivity index (χ0) is 46.4. The lowest BCUT2D eigenvalue weighted by molar-refractivity contribution is -0.220. The van der Waals surface area contributed by atoms with Crippen LogP contribution in [0.3, 0.4) is 0 Å². The van der Waals surface area contributed by atoms with Gasteiger partial charge in [0, 0.05) is 12.8 Å². The molecule has 0 radical (unpaired) electrons. The molecule has 0 amide bonds.